The van der Waals surface area contributed by atoms with E-state index in [1.807, 2.05) is 38.1 Å². The maximum atomic E-state index is 12.5. The van der Waals surface area contributed by atoms with E-state index in [4.69, 9.17) is 9.26 Å². The molecule has 1 aliphatic rings. The number of hydrogen-bond acceptors (Lipinski definition) is 4. The number of anilines is 1. The van der Waals surface area contributed by atoms with Gasteiger partial charge in [0, 0.05) is 12.0 Å². The molecule has 5 heteroatoms. The molecule has 5 nitrogen and oxygen atoms in total. The molecule has 0 aliphatic carbocycles. The number of rotatable bonds is 3. The number of aryl methyl sites for hydroxylation is 2. The maximum absolute atomic E-state index is 12.5. The van der Waals surface area contributed by atoms with Crippen LogP contribution in [0.1, 0.15) is 23.4 Å². The van der Waals surface area contributed by atoms with E-state index in [2.05, 4.69) is 5.16 Å². The van der Waals surface area contributed by atoms with Crippen LogP contribution in [0, 0.1) is 13.8 Å². The average Bonchev–Trinajstić information content (AvgIpc) is 2.83. The maximum Gasteiger partial charge on any atom is 0.227 e. The van der Waals surface area contributed by atoms with Gasteiger partial charge in [0.15, 0.2) is 0 Å². The van der Waals surface area contributed by atoms with Crippen LogP contribution in [-0.2, 0) is 11.2 Å². The van der Waals surface area contributed by atoms with Gasteiger partial charge in [0.05, 0.1) is 17.9 Å². The van der Waals surface area contributed by atoms with E-state index in [0.29, 0.717) is 26.0 Å². The topological polar surface area (TPSA) is 55.6 Å². The summed E-state index contributed by atoms with van der Waals surface area (Å²) in [6, 6.07) is 7.64. The molecule has 0 saturated heterocycles. The summed E-state index contributed by atoms with van der Waals surface area (Å²) in [4.78, 5) is 14.3. The van der Waals surface area contributed by atoms with E-state index in [0.717, 1.165) is 28.5 Å². The molecular weight excluding hydrogens is 268 g/mol. The summed E-state index contributed by atoms with van der Waals surface area (Å²) in [6.45, 7) is 4.91. The van der Waals surface area contributed by atoms with Crippen LogP contribution in [0.3, 0.4) is 0 Å². The van der Waals surface area contributed by atoms with E-state index in [-0.39, 0.29) is 5.91 Å². The van der Waals surface area contributed by atoms with Crippen molar-refractivity contribution >= 4 is 11.6 Å². The lowest BCUT2D eigenvalue weighted by Gasteiger charge is -2.29. The molecule has 110 valence electrons. The molecule has 0 spiro atoms. The fourth-order valence-corrected chi connectivity index (χ4v) is 2.65. The fourth-order valence-electron chi connectivity index (χ4n) is 2.65. The lowest BCUT2D eigenvalue weighted by atomic mass is 10.1. The van der Waals surface area contributed by atoms with Crippen LogP contribution >= 0.6 is 0 Å². The standard InChI is InChI=1S/C16H18N2O3/c1-11-13(12(2)21-17-11)7-8-16(19)18-9-10-20-15-6-4-3-5-14(15)18/h3-6H,7-10H2,1-2H3. The number of para-hydroxylation sites is 2. The van der Waals surface area contributed by atoms with Gasteiger partial charge in [0.25, 0.3) is 0 Å². The Hall–Kier alpha value is -2.30. The number of fused-ring (bicyclic) bond motifs is 1. The molecule has 0 N–H and O–H groups in total. The first-order valence-electron chi connectivity index (χ1n) is 7.11. The first kappa shape index (κ1) is 13.7. The Labute approximate surface area is 123 Å². The predicted octanol–water partition coefficient (Wildman–Crippen LogP) is 2.65. The summed E-state index contributed by atoms with van der Waals surface area (Å²) in [7, 11) is 0. The van der Waals surface area contributed by atoms with Crippen molar-refractivity contribution < 1.29 is 14.1 Å². The van der Waals surface area contributed by atoms with Crippen molar-refractivity contribution in [3.8, 4) is 5.75 Å². The fraction of sp³-hybridized carbons (Fsp3) is 0.375. The van der Waals surface area contributed by atoms with Gasteiger partial charge in [-0.3, -0.25) is 4.79 Å². The van der Waals surface area contributed by atoms with E-state index >= 15 is 0 Å². The van der Waals surface area contributed by atoms with Crippen LogP contribution in [-0.4, -0.2) is 24.2 Å². The third kappa shape index (κ3) is 2.63. The van der Waals surface area contributed by atoms with Crippen LogP contribution < -0.4 is 9.64 Å². The average molecular weight is 286 g/mol. The third-order valence-electron chi connectivity index (χ3n) is 3.80. The number of carbonyl (C=O) groups is 1. The first-order valence-corrected chi connectivity index (χ1v) is 7.11. The number of amides is 1. The molecule has 3 rings (SSSR count). The summed E-state index contributed by atoms with van der Waals surface area (Å²) < 4.78 is 10.7. The highest BCUT2D eigenvalue weighted by atomic mass is 16.5. The minimum Gasteiger partial charge on any atom is -0.490 e. The monoisotopic (exact) mass is 286 g/mol. The zero-order valence-corrected chi connectivity index (χ0v) is 12.3. The molecule has 0 bridgehead atoms. The van der Waals surface area contributed by atoms with Crippen molar-refractivity contribution in [3.05, 3.63) is 41.3 Å². The minimum absolute atomic E-state index is 0.103. The summed E-state index contributed by atoms with van der Waals surface area (Å²) in [6.07, 6.45) is 1.09. The van der Waals surface area contributed by atoms with Crippen molar-refractivity contribution in [1.82, 2.24) is 5.16 Å². The Kier molecular flexibility index (Phi) is 3.64. The summed E-state index contributed by atoms with van der Waals surface area (Å²) in [5, 5.41) is 3.92. The van der Waals surface area contributed by atoms with Crippen molar-refractivity contribution in [1.29, 1.82) is 0 Å². The van der Waals surface area contributed by atoms with E-state index in [1.165, 1.54) is 0 Å². The molecule has 0 saturated carbocycles. The molecule has 0 atom stereocenters. The second-order valence-electron chi connectivity index (χ2n) is 5.16. The molecule has 1 aliphatic heterocycles. The lowest BCUT2D eigenvalue weighted by molar-refractivity contribution is -0.118. The van der Waals surface area contributed by atoms with Crippen molar-refractivity contribution in [3.63, 3.8) is 0 Å². The highest BCUT2D eigenvalue weighted by Gasteiger charge is 2.23. The molecule has 0 fully saturated rings. The Morgan fingerprint density at radius 2 is 2.14 bits per heavy atom. The highest BCUT2D eigenvalue weighted by Crippen LogP contribution is 2.31. The van der Waals surface area contributed by atoms with Gasteiger partial charge in [-0.25, -0.2) is 0 Å². The molecule has 0 radical (unpaired) electrons. The summed E-state index contributed by atoms with van der Waals surface area (Å²) >= 11 is 0. The molecular formula is C16H18N2O3. The largest absolute Gasteiger partial charge is 0.490 e. The third-order valence-corrected chi connectivity index (χ3v) is 3.80. The van der Waals surface area contributed by atoms with Gasteiger partial charge in [0.1, 0.15) is 18.1 Å². The van der Waals surface area contributed by atoms with Crippen molar-refractivity contribution in [2.24, 2.45) is 0 Å². The number of hydrogen-bond donors (Lipinski definition) is 0. The smallest absolute Gasteiger partial charge is 0.227 e. The molecule has 2 heterocycles. The number of ether oxygens (including phenoxy) is 1. The number of carbonyl (C=O) groups excluding carboxylic acids is 1. The Bertz CT molecular complexity index is 644. The predicted molar refractivity (Wildman–Crippen MR) is 78.6 cm³/mol. The highest BCUT2D eigenvalue weighted by molar-refractivity contribution is 5.95. The van der Waals surface area contributed by atoms with Crippen LogP contribution in [0.2, 0.25) is 0 Å². The van der Waals surface area contributed by atoms with Crippen LogP contribution in [0.15, 0.2) is 28.8 Å². The minimum atomic E-state index is 0.103. The zero-order valence-electron chi connectivity index (χ0n) is 12.3. The molecule has 1 aromatic carbocycles. The molecule has 0 unspecified atom stereocenters. The second-order valence-corrected chi connectivity index (χ2v) is 5.16. The summed E-state index contributed by atoms with van der Waals surface area (Å²) in [5.74, 6) is 1.67. The molecule has 1 amide bonds. The first-order chi connectivity index (χ1) is 10.2. The van der Waals surface area contributed by atoms with Crippen LogP contribution in [0.4, 0.5) is 5.69 Å². The van der Waals surface area contributed by atoms with E-state index < -0.39 is 0 Å². The number of aromatic nitrogens is 1. The van der Waals surface area contributed by atoms with Gasteiger partial charge in [-0.05, 0) is 32.4 Å². The molecule has 21 heavy (non-hydrogen) atoms. The van der Waals surface area contributed by atoms with Gasteiger partial charge in [-0.15, -0.1) is 0 Å². The van der Waals surface area contributed by atoms with Crippen molar-refractivity contribution in [2.45, 2.75) is 26.7 Å². The van der Waals surface area contributed by atoms with Gasteiger partial charge in [0.2, 0.25) is 5.91 Å². The van der Waals surface area contributed by atoms with E-state index in [1.54, 1.807) is 4.90 Å². The Balaban J connectivity index is 1.72. The van der Waals surface area contributed by atoms with Gasteiger partial charge in [-0.2, -0.15) is 0 Å². The molecule has 1 aromatic heterocycles. The van der Waals surface area contributed by atoms with Gasteiger partial charge >= 0.3 is 0 Å². The number of benzene rings is 1. The summed E-state index contributed by atoms with van der Waals surface area (Å²) in [5.41, 5.74) is 2.75. The van der Waals surface area contributed by atoms with Gasteiger partial charge < -0.3 is 14.2 Å². The zero-order chi connectivity index (χ0) is 14.8. The Morgan fingerprint density at radius 1 is 1.33 bits per heavy atom. The second kappa shape index (κ2) is 5.60. The molecule has 2 aromatic rings. The normalized spacial score (nSPS) is 13.7. The van der Waals surface area contributed by atoms with Crippen LogP contribution in [0.5, 0.6) is 5.75 Å². The van der Waals surface area contributed by atoms with E-state index in [9.17, 15) is 4.79 Å². The Morgan fingerprint density at radius 3 is 2.90 bits per heavy atom. The lowest BCUT2D eigenvalue weighted by Crippen LogP contribution is -2.38. The van der Waals surface area contributed by atoms with Crippen molar-refractivity contribution in [2.75, 3.05) is 18.1 Å². The quantitative estimate of drug-likeness (QED) is 0.870. The van der Waals surface area contributed by atoms with Crippen LogP contribution in [0.25, 0.3) is 0 Å². The number of nitrogens with zero attached hydrogens (tertiary/aromatic N) is 2. The van der Waals surface area contributed by atoms with Gasteiger partial charge in [-0.1, -0.05) is 17.3 Å². The SMILES string of the molecule is Cc1noc(C)c1CCC(=O)N1CCOc2ccccc21.